The maximum atomic E-state index is 11.5. The Morgan fingerprint density at radius 1 is 1.40 bits per heavy atom. The summed E-state index contributed by atoms with van der Waals surface area (Å²) in [4.78, 5) is 24.5. The van der Waals surface area contributed by atoms with E-state index in [1.807, 2.05) is 0 Å². The van der Waals surface area contributed by atoms with Crippen LogP contribution in [0, 0.1) is 5.92 Å². The van der Waals surface area contributed by atoms with Gasteiger partial charge in [-0.15, -0.1) is 0 Å². The van der Waals surface area contributed by atoms with E-state index in [0.29, 0.717) is 19.8 Å². The van der Waals surface area contributed by atoms with Crippen LogP contribution in [0.5, 0.6) is 0 Å². The van der Waals surface area contributed by atoms with Crippen LogP contribution in [0.4, 0.5) is 4.79 Å². The molecule has 2 N–H and O–H groups in total. The van der Waals surface area contributed by atoms with Crippen LogP contribution in [-0.4, -0.2) is 67.6 Å². The number of carboxylic acids is 1. The van der Waals surface area contributed by atoms with Crippen molar-refractivity contribution in [2.45, 2.75) is 19.9 Å². The topological polar surface area (TPSA) is 88.1 Å². The van der Waals surface area contributed by atoms with E-state index in [-0.39, 0.29) is 32.8 Å². The third-order valence-corrected chi connectivity index (χ3v) is 2.95. The van der Waals surface area contributed by atoms with E-state index in [0.717, 1.165) is 13.1 Å². The fourth-order valence-corrected chi connectivity index (χ4v) is 1.77. The second-order valence-corrected chi connectivity index (χ2v) is 4.79. The van der Waals surface area contributed by atoms with Crippen LogP contribution in [-0.2, 0) is 14.3 Å². The number of hydrogen-bond donors (Lipinski definition) is 2. The zero-order valence-corrected chi connectivity index (χ0v) is 12.4. The van der Waals surface area contributed by atoms with E-state index >= 15 is 0 Å². The number of hydrogen-bond acceptors (Lipinski definition) is 5. The van der Waals surface area contributed by atoms with Crippen molar-refractivity contribution in [2.24, 2.45) is 5.92 Å². The maximum Gasteiger partial charge on any atom is 1.00 e. The molecule has 1 atom stereocenters. The van der Waals surface area contributed by atoms with Gasteiger partial charge in [0.05, 0.1) is 13.2 Å². The van der Waals surface area contributed by atoms with E-state index < -0.39 is 18.1 Å². The summed E-state index contributed by atoms with van der Waals surface area (Å²) in [5, 5.41) is 11.3. The number of nitrogens with one attached hydrogen (secondary N) is 1. The first-order chi connectivity index (χ1) is 9.00. The Morgan fingerprint density at radius 2 is 2.00 bits per heavy atom. The van der Waals surface area contributed by atoms with Crippen LogP contribution in [0.15, 0.2) is 0 Å². The molecule has 1 amide bonds. The second kappa shape index (κ2) is 10.1. The molecule has 1 unspecified atom stereocenters. The van der Waals surface area contributed by atoms with Gasteiger partial charge in [0, 0.05) is 19.6 Å². The zero-order valence-electron chi connectivity index (χ0n) is 13.4. The van der Waals surface area contributed by atoms with E-state index in [2.05, 4.69) is 10.2 Å². The Bertz CT molecular complexity index is 314. The molecule has 0 aromatic carbocycles. The number of nitrogens with zero attached hydrogens (tertiary/aromatic N) is 1. The van der Waals surface area contributed by atoms with Crippen molar-refractivity contribution in [3.05, 3.63) is 0 Å². The largest absolute Gasteiger partial charge is 1.00 e. The number of alkyl carbamates (subject to hydrolysis) is 1. The molecule has 1 fully saturated rings. The zero-order chi connectivity index (χ0) is 14.3. The minimum Gasteiger partial charge on any atom is -1.00 e. The van der Waals surface area contributed by atoms with Crippen molar-refractivity contribution in [1.29, 1.82) is 0 Å². The van der Waals surface area contributed by atoms with Crippen molar-refractivity contribution >= 4 is 12.1 Å². The van der Waals surface area contributed by atoms with Crippen molar-refractivity contribution < 1.29 is 44.5 Å². The van der Waals surface area contributed by atoms with Gasteiger partial charge in [-0.3, -0.25) is 4.90 Å². The molecule has 0 aromatic heterocycles. The van der Waals surface area contributed by atoms with Gasteiger partial charge in [-0.25, -0.2) is 9.59 Å². The van der Waals surface area contributed by atoms with Gasteiger partial charge in [0.1, 0.15) is 12.6 Å². The number of carboxylic acid groups (broad SMARTS) is 1. The van der Waals surface area contributed by atoms with Gasteiger partial charge in [-0.1, -0.05) is 13.8 Å². The third-order valence-electron chi connectivity index (χ3n) is 2.95. The Labute approximate surface area is 132 Å². The van der Waals surface area contributed by atoms with E-state index in [4.69, 9.17) is 14.6 Å². The molecule has 0 aliphatic carbocycles. The second-order valence-electron chi connectivity index (χ2n) is 4.79. The summed E-state index contributed by atoms with van der Waals surface area (Å²) in [5.41, 5.74) is 0. The number of ether oxygens (including phenoxy) is 2. The first kappa shape index (κ1) is 19.3. The number of carbonyl (C=O) groups is 2. The number of rotatable bonds is 6. The average molecular weight is 282 g/mol. The summed E-state index contributed by atoms with van der Waals surface area (Å²) in [5.74, 6) is -1.25. The van der Waals surface area contributed by atoms with Crippen LogP contribution in [0.3, 0.4) is 0 Å². The monoisotopic (exact) mass is 282 g/mol. The Hall–Kier alpha value is -0.743. The van der Waals surface area contributed by atoms with Crippen molar-refractivity contribution in [3.63, 3.8) is 0 Å². The van der Waals surface area contributed by atoms with Crippen molar-refractivity contribution in [1.82, 2.24) is 10.2 Å². The summed E-state index contributed by atoms with van der Waals surface area (Å²) in [6.45, 7) is 7.39. The van der Waals surface area contributed by atoms with E-state index in [1.165, 1.54) is 0 Å². The number of amides is 1. The first-order valence-corrected chi connectivity index (χ1v) is 6.47. The molecular weight excluding hydrogens is 259 g/mol. The Morgan fingerprint density at radius 3 is 2.50 bits per heavy atom. The molecule has 8 heteroatoms. The summed E-state index contributed by atoms with van der Waals surface area (Å²) >= 11 is 0. The standard InChI is InChI=1S/C12H22N2O5.Li.H/c1-9(2)10(11(15)16)13-12(17)19-8-5-14-3-6-18-7-4-14;;/h9-10H,3-8H2,1-2H3,(H,13,17)(H,15,16);;/q;+1;-1. The fraction of sp³-hybridized carbons (Fsp3) is 0.833. The van der Waals surface area contributed by atoms with Gasteiger partial charge in [0.25, 0.3) is 0 Å². The molecule has 112 valence electrons. The van der Waals surface area contributed by atoms with Crippen LogP contribution < -0.4 is 24.2 Å². The minimum atomic E-state index is -1.06. The maximum absolute atomic E-state index is 11.5. The van der Waals surface area contributed by atoms with Crippen LogP contribution in [0.2, 0.25) is 0 Å². The number of morpholine rings is 1. The molecular formula is C12H23LiN2O5. The van der Waals surface area contributed by atoms with Crippen LogP contribution >= 0.6 is 0 Å². The quantitative estimate of drug-likeness (QED) is 0.514. The Balaban J connectivity index is 0. The molecule has 0 aromatic rings. The van der Waals surface area contributed by atoms with Crippen LogP contribution in [0.1, 0.15) is 15.3 Å². The van der Waals surface area contributed by atoms with E-state index in [9.17, 15) is 9.59 Å². The molecule has 0 bridgehead atoms. The fourth-order valence-electron chi connectivity index (χ4n) is 1.77. The normalized spacial score (nSPS) is 17.1. The summed E-state index contributed by atoms with van der Waals surface area (Å²) < 4.78 is 10.2. The minimum absolute atomic E-state index is 0. The number of carbonyl (C=O) groups excluding carboxylic acids is 1. The summed E-state index contributed by atoms with van der Waals surface area (Å²) in [6, 6.07) is -0.920. The third kappa shape index (κ3) is 7.15. The SMILES string of the molecule is CC(C)C(NC(=O)OCCN1CCOCC1)C(=O)O.[H-].[Li+]. The molecule has 1 heterocycles. The molecule has 1 aliphatic rings. The Kier molecular flexibility index (Phi) is 9.68. The molecule has 0 spiro atoms. The molecule has 20 heavy (non-hydrogen) atoms. The number of aliphatic carboxylic acids is 1. The van der Waals surface area contributed by atoms with Gasteiger partial charge in [0.2, 0.25) is 0 Å². The van der Waals surface area contributed by atoms with Gasteiger partial charge in [-0.05, 0) is 5.92 Å². The summed E-state index contributed by atoms with van der Waals surface area (Å²) in [7, 11) is 0. The van der Waals surface area contributed by atoms with Gasteiger partial charge in [-0.2, -0.15) is 0 Å². The van der Waals surface area contributed by atoms with Crippen LogP contribution in [0.25, 0.3) is 0 Å². The predicted molar refractivity (Wildman–Crippen MR) is 69.1 cm³/mol. The first-order valence-electron chi connectivity index (χ1n) is 6.47. The molecule has 1 aliphatic heterocycles. The molecule has 1 saturated heterocycles. The molecule has 0 saturated carbocycles. The molecule has 1 rings (SSSR count). The van der Waals surface area contributed by atoms with E-state index in [1.54, 1.807) is 13.8 Å². The van der Waals surface area contributed by atoms with Gasteiger partial charge in [0.15, 0.2) is 0 Å². The van der Waals surface area contributed by atoms with Gasteiger partial charge >= 0.3 is 30.9 Å². The smallest absolute Gasteiger partial charge is 1.00 e. The van der Waals surface area contributed by atoms with Crippen molar-refractivity contribution in [2.75, 3.05) is 39.5 Å². The molecule has 0 radical (unpaired) electrons. The van der Waals surface area contributed by atoms with Crippen molar-refractivity contribution in [3.8, 4) is 0 Å². The predicted octanol–water partition coefficient (Wildman–Crippen LogP) is -2.73. The summed E-state index contributed by atoms with van der Waals surface area (Å²) in [6.07, 6.45) is -0.686. The average Bonchev–Trinajstić information content (AvgIpc) is 2.36. The van der Waals surface area contributed by atoms with Gasteiger partial charge < -0.3 is 21.3 Å². The molecule has 7 nitrogen and oxygen atoms in total.